The largest absolute Gasteiger partial charge is 0.373 e. The van der Waals surface area contributed by atoms with Crippen molar-refractivity contribution in [2.45, 2.75) is 64.2 Å². The van der Waals surface area contributed by atoms with Crippen molar-refractivity contribution in [2.24, 2.45) is 0 Å². The second-order valence-electron chi connectivity index (χ2n) is 5.81. The van der Waals surface area contributed by atoms with E-state index >= 15 is 0 Å². The first-order valence-electron chi connectivity index (χ1n) is 7.35. The summed E-state index contributed by atoms with van der Waals surface area (Å²) in [6.07, 6.45) is 7.68. The molecule has 2 rings (SSSR count). The van der Waals surface area contributed by atoms with Crippen LogP contribution in [0.1, 0.15) is 46.0 Å². The minimum atomic E-state index is 0.412. The fourth-order valence-electron chi connectivity index (χ4n) is 2.70. The molecule has 1 aliphatic carbocycles. The zero-order valence-corrected chi connectivity index (χ0v) is 11.5. The maximum atomic E-state index is 5.74. The fourth-order valence-corrected chi connectivity index (χ4v) is 2.70. The highest BCUT2D eigenvalue weighted by molar-refractivity contribution is 4.80. The van der Waals surface area contributed by atoms with Gasteiger partial charge in [-0.05, 0) is 52.6 Å². The summed E-state index contributed by atoms with van der Waals surface area (Å²) in [4.78, 5) is 2.56. The summed E-state index contributed by atoms with van der Waals surface area (Å²) in [5, 5.41) is 3.58. The Morgan fingerprint density at radius 3 is 2.41 bits per heavy atom. The van der Waals surface area contributed by atoms with Gasteiger partial charge in [0.25, 0.3) is 0 Å². The van der Waals surface area contributed by atoms with Gasteiger partial charge in [0, 0.05) is 19.1 Å². The summed E-state index contributed by atoms with van der Waals surface area (Å²) in [7, 11) is 0. The van der Waals surface area contributed by atoms with Crippen LogP contribution in [0, 0.1) is 0 Å². The Morgan fingerprint density at radius 2 is 1.76 bits per heavy atom. The number of unbranched alkanes of at least 4 members (excludes halogenated alkanes) is 2. The summed E-state index contributed by atoms with van der Waals surface area (Å²) < 4.78 is 5.74. The Bertz CT molecular complexity index is 208. The molecule has 2 fully saturated rings. The average molecular weight is 240 g/mol. The Morgan fingerprint density at radius 1 is 1.06 bits per heavy atom. The van der Waals surface area contributed by atoms with Crippen molar-refractivity contribution in [2.75, 3.05) is 26.2 Å². The van der Waals surface area contributed by atoms with Crippen LogP contribution >= 0.6 is 0 Å². The molecule has 100 valence electrons. The molecule has 3 heteroatoms. The van der Waals surface area contributed by atoms with Crippen molar-refractivity contribution in [1.82, 2.24) is 10.2 Å². The number of rotatable bonds is 7. The first-order valence-corrected chi connectivity index (χ1v) is 7.35. The van der Waals surface area contributed by atoms with Gasteiger partial charge >= 0.3 is 0 Å². The molecule has 17 heavy (non-hydrogen) atoms. The van der Waals surface area contributed by atoms with Gasteiger partial charge in [0.1, 0.15) is 0 Å². The zero-order valence-electron chi connectivity index (χ0n) is 11.5. The van der Waals surface area contributed by atoms with Gasteiger partial charge < -0.3 is 10.1 Å². The maximum absolute atomic E-state index is 5.74. The van der Waals surface area contributed by atoms with Crippen LogP contribution < -0.4 is 5.32 Å². The number of morpholine rings is 1. The lowest BCUT2D eigenvalue weighted by molar-refractivity contribution is -0.0681. The standard InChI is InChI=1S/C14H28N2O/c1-12-10-16(11-13(2)17-12)9-5-3-4-8-15-14-6-7-14/h12-15H,3-11H2,1-2H3. The SMILES string of the molecule is CC1CN(CCCCCNC2CC2)CC(C)O1. The van der Waals surface area contributed by atoms with Gasteiger partial charge in [0.05, 0.1) is 12.2 Å². The quantitative estimate of drug-likeness (QED) is 0.689. The summed E-state index contributed by atoms with van der Waals surface area (Å²) in [6.45, 7) is 9.07. The van der Waals surface area contributed by atoms with Crippen molar-refractivity contribution < 1.29 is 4.74 Å². The van der Waals surface area contributed by atoms with Gasteiger partial charge in [-0.2, -0.15) is 0 Å². The topological polar surface area (TPSA) is 24.5 Å². The molecule has 2 atom stereocenters. The van der Waals surface area contributed by atoms with E-state index in [1.165, 1.54) is 45.2 Å². The third-order valence-corrected chi connectivity index (χ3v) is 3.66. The van der Waals surface area contributed by atoms with E-state index in [1.807, 2.05) is 0 Å². The molecule has 1 saturated heterocycles. The van der Waals surface area contributed by atoms with E-state index in [9.17, 15) is 0 Å². The lowest BCUT2D eigenvalue weighted by Crippen LogP contribution is -2.45. The van der Waals surface area contributed by atoms with Gasteiger partial charge in [-0.3, -0.25) is 4.90 Å². The predicted molar refractivity (Wildman–Crippen MR) is 71.3 cm³/mol. The van der Waals surface area contributed by atoms with Crippen LogP contribution in [0.25, 0.3) is 0 Å². The summed E-state index contributed by atoms with van der Waals surface area (Å²) in [5.74, 6) is 0. The molecule has 1 saturated carbocycles. The molecule has 1 aliphatic heterocycles. The van der Waals surface area contributed by atoms with E-state index in [0.29, 0.717) is 12.2 Å². The second kappa shape index (κ2) is 6.72. The fraction of sp³-hybridized carbons (Fsp3) is 1.00. The average Bonchev–Trinajstić information content (AvgIpc) is 3.05. The highest BCUT2D eigenvalue weighted by atomic mass is 16.5. The van der Waals surface area contributed by atoms with Gasteiger partial charge in [-0.25, -0.2) is 0 Å². The lowest BCUT2D eigenvalue weighted by atomic mass is 10.2. The molecule has 2 unspecified atom stereocenters. The first kappa shape index (κ1) is 13.3. The predicted octanol–water partition coefficient (Wildman–Crippen LogP) is 2.02. The number of hydrogen-bond acceptors (Lipinski definition) is 3. The van der Waals surface area contributed by atoms with Gasteiger partial charge in [-0.1, -0.05) is 6.42 Å². The molecule has 0 aromatic rings. The van der Waals surface area contributed by atoms with Crippen molar-refractivity contribution in [3.05, 3.63) is 0 Å². The highest BCUT2D eigenvalue weighted by Crippen LogP contribution is 2.18. The summed E-state index contributed by atoms with van der Waals surface area (Å²) in [5.41, 5.74) is 0. The van der Waals surface area contributed by atoms with Gasteiger partial charge in [0.2, 0.25) is 0 Å². The maximum Gasteiger partial charge on any atom is 0.0678 e. The van der Waals surface area contributed by atoms with Gasteiger partial charge in [-0.15, -0.1) is 0 Å². The minimum absolute atomic E-state index is 0.412. The number of ether oxygens (including phenoxy) is 1. The van der Waals surface area contributed by atoms with Crippen molar-refractivity contribution in [1.29, 1.82) is 0 Å². The Labute approximate surface area is 106 Å². The van der Waals surface area contributed by atoms with Crippen molar-refractivity contribution >= 4 is 0 Å². The van der Waals surface area contributed by atoms with Crippen LogP contribution in [-0.2, 0) is 4.74 Å². The highest BCUT2D eigenvalue weighted by Gasteiger charge is 2.21. The third kappa shape index (κ3) is 5.36. The smallest absolute Gasteiger partial charge is 0.0678 e. The molecule has 1 heterocycles. The molecule has 0 radical (unpaired) electrons. The van der Waals surface area contributed by atoms with Crippen molar-refractivity contribution in [3.63, 3.8) is 0 Å². The Balaban J connectivity index is 1.46. The molecular weight excluding hydrogens is 212 g/mol. The van der Waals surface area contributed by atoms with E-state index in [4.69, 9.17) is 4.74 Å². The Kier molecular flexibility index (Phi) is 5.26. The third-order valence-electron chi connectivity index (χ3n) is 3.66. The zero-order chi connectivity index (χ0) is 12.1. The molecule has 3 nitrogen and oxygen atoms in total. The molecule has 2 aliphatic rings. The molecule has 0 spiro atoms. The van der Waals surface area contributed by atoms with E-state index in [2.05, 4.69) is 24.1 Å². The summed E-state index contributed by atoms with van der Waals surface area (Å²) in [6, 6.07) is 0.871. The molecule has 0 bridgehead atoms. The number of hydrogen-bond donors (Lipinski definition) is 1. The van der Waals surface area contributed by atoms with Crippen LogP contribution in [0.2, 0.25) is 0 Å². The number of nitrogens with zero attached hydrogens (tertiary/aromatic N) is 1. The van der Waals surface area contributed by atoms with Crippen molar-refractivity contribution in [3.8, 4) is 0 Å². The first-order chi connectivity index (χ1) is 8.24. The molecule has 0 aromatic carbocycles. The second-order valence-corrected chi connectivity index (χ2v) is 5.81. The molecule has 0 aromatic heterocycles. The van der Waals surface area contributed by atoms with Crippen LogP contribution in [0.5, 0.6) is 0 Å². The monoisotopic (exact) mass is 240 g/mol. The van der Waals surface area contributed by atoms with E-state index in [0.717, 1.165) is 19.1 Å². The lowest BCUT2D eigenvalue weighted by Gasteiger charge is -2.35. The van der Waals surface area contributed by atoms with Crippen LogP contribution in [-0.4, -0.2) is 49.3 Å². The van der Waals surface area contributed by atoms with E-state index < -0.39 is 0 Å². The van der Waals surface area contributed by atoms with Crippen LogP contribution in [0.3, 0.4) is 0 Å². The van der Waals surface area contributed by atoms with E-state index in [1.54, 1.807) is 0 Å². The molecule has 1 N–H and O–H groups in total. The molecule has 0 amide bonds. The summed E-state index contributed by atoms with van der Waals surface area (Å²) >= 11 is 0. The van der Waals surface area contributed by atoms with Gasteiger partial charge in [0.15, 0.2) is 0 Å². The van der Waals surface area contributed by atoms with E-state index in [-0.39, 0.29) is 0 Å². The Hall–Kier alpha value is -0.120. The van der Waals surface area contributed by atoms with Crippen LogP contribution in [0.15, 0.2) is 0 Å². The normalized spacial score (nSPS) is 30.7. The molecular formula is C14H28N2O. The van der Waals surface area contributed by atoms with Crippen LogP contribution in [0.4, 0.5) is 0 Å². The minimum Gasteiger partial charge on any atom is -0.373 e. The number of nitrogens with one attached hydrogen (secondary N) is 1.